The van der Waals surface area contributed by atoms with Gasteiger partial charge in [0.15, 0.2) is 0 Å². The minimum Gasteiger partial charge on any atom is -0.495 e. The number of aromatic amines is 1. The summed E-state index contributed by atoms with van der Waals surface area (Å²) >= 11 is 0. The fourth-order valence-electron chi connectivity index (χ4n) is 3.08. The van der Waals surface area contributed by atoms with Gasteiger partial charge in [-0.25, -0.2) is 4.68 Å². The van der Waals surface area contributed by atoms with Gasteiger partial charge in [0, 0.05) is 13.0 Å². The number of aromatic nitrogens is 2. The summed E-state index contributed by atoms with van der Waals surface area (Å²) in [5.74, 6) is -0.335. The number of nitrogens with zero attached hydrogens (tertiary/aromatic N) is 2. The standard InChI is InChI=1S/C18H11N3O6/c1-8(22)21-15(10(6-19)18(24)20-21)11-7-27-13-5-12-9(3-4-26-12)17(25-2)14(13)16(11)23/h3-5,7H,1-2H3,(H,20,24). The van der Waals surface area contributed by atoms with Crippen LogP contribution in [0.5, 0.6) is 5.75 Å². The summed E-state index contributed by atoms with van der Waals surface area (Å²) in [6.45, 7) is 1.19. The molecule has 1 N–H and O–H groups in total. The summed E-state index contributed by atoms with van der Waals surface area (Å²) in [5, 5.41) is 12.2. The van der Waals surface area contributed by atoms with Gasteiger partial charge in [0.1, 0.15) is 45.9 Å². The maximum absolute atomic E-state index is 13.2. The molecule has 4 rings (SSSR count). The lowest BCUT2D eigenvalue weighted by Gasteiger charge is -2.08. The largest absolute Gasteiger partial charge is 0.495 e. The first-order valence-electron chi connectivity index (χ1n) is 7.74. The Morgan fingerprint density at radius 3 is 2.74 bits per heavy atom. The van der Waals surface area contributed by atoms with Gasteiger partial charge in [0.25, 0.3) is 5.56 Å². The Morgan fingerprint density at radius 1 is 1.30 bits per heavy atom. The highest BCUT2D eigenvalue weighted by atomic mass is 16.5. The molecule has 0 amide bonds. The number of nitriles is 1. The molecule has 3 aromatic heterocycles. The van der Waals surface area contributed by atoms with Gasteiger partial charge in [-0.3, -0.25) is 19.5 Å². The van der Waals surface area contributed by atoms with E-state index in [-0.39, 0.29) is 33.5 Å². The van der Waals surface area contributed by atoms with Crippen molar-refractivity contribution in [1.82, 2.24) is 9.78 Å². The highest BCUT2D eigenvalue weighted by Crippen LogP contribution is 2.35. The predicted molar refractivity (Wildman–Crippen MR) is 93.9 cm³/mol. The molecule has 0 atom stereocenters. The Bertz CT molecular complexity index is 1390. The number of fused-ring (bicyclic) bond motifs is 2. The summed E-state index contributed by atoms with van der Waals surface area (Å²) in [6, 6.07) is 4.90. The van der Waals surface area contributed by atoms with Crippen LogP contribution in [-0.4, -0.2) is 22.8 Å². The quantitative estimate of drug-likeness (QED) is 0.576. The lowest BCUT2D eigenvalue weighted by Crippen LogP contribution is -2.15. The number of nitrogens with one attached hydrogen (secondary N) is 1. The normalized spacial score (nSPS) is 11.0. The molecular formula is C18H11N3O6. The van der Waals surface area contributed by atoms with Crippen LogP contribution in [-0.2, 0) is 0 Å². The zero-order valence-corrected chi connectivity index (χ0v) is 14.2. The van der Waals surface area contributed by atoms with E-state index in [1.807, 2.05) is 0 Å². The molecule has 134 valence electrons. The molecule has 0 saturated heterocycles. The molecule has 0 aliphatic carbocycles. The van der Waals surface area contributed by atoms with Gasteiger partial charge in [-0.05, 0) is 6.07 Å². The number of hydrogen-bond donors (Lipinski definition) is 1. The molecule has 0 aliphatic heterocycles. The van der Waals surface area contributed by atoms with Crippen molar-refractivity contribution in [3.63, 3.8) is 0 Å². The summed E-state index contributed by atoms with van der Waals surface area (Å²) in [4.78, 5) is 37.1. The number of benzene rings is 1. The van der Waals surface area contributed by atoms with Crippen LogP contribution in [0.1, 0.15) is 17.3 Å². The summed E-state index contributed by atoms with van der Waals surface area (Å²) < 4.78 is 17.1. The first-order chi connectivity index (χ1) is 13.0. The molecule has 0 fully saturated rings. The number of H-pyrrole nitrogens is 1. The van der Waals surface area contributed by atoms with Gasteiger partial charge < -0.3 is 13.6 Å². The molecule has 0 spiro atoms. The SMILES string of the molecule is COc1c2ccoc2cc2occ(-c3c(C#N)c(=O)[nH]n3C(C)=O)c(=O)c12. The number of carbonyl (C=O) groups is 1. The van der Waals surface area contributed by atoms with Crippen molar-refractivity contribution >= 4 is 27.8 Å². The van der Waals surface area contributed by atoms with E-state index in [0.717, 1.165) is 10.9 Å². The van der Waals surface area contributed by atoms with E-state index in [9.17, 15) is 19.6 Å². The van der Waals surface area contributed by atoms with E-state index in [4.69, 9.17) is 13.6 Å². The molecule has 9 nitrogen and oxygen atoms in total. The zero-order valence-electron chi connectivity index (χ0n) is 14.2. The third kappa shape index (κ3) is 2.20. The van der Waals surface area contributed by atoms with E-state index in [1.165, 1.54) is 20.3 Å². The molecule has 0 unspecified atom stereocenters. The first kappa shape index (κ1) is 16.4. The number of rotatable bonds is 2. The van der Waals surface area contributed by atoms with E-state index in [2.05, 4.69) is 5.10 Å². The van der Waals surface area contributed by atoms with E-state index in [1.54, 1.807) is 18.2 Å². The van der Waals surface area contributed by atoms with Crippen LogP contribution < -0.4 is 15.7 Å². The van der Waals surface area contributed by atoms with Crippen molar-refractivity contribution in [2.75, 3.05) is 7.11 Å². The molecule has 4 aromatic rings. The molecular weight excluding hydrogens is 354 g/mol. The summed E-state index contributed by atoms with van der Waals surface area (Å²) in [5.41, 5.74) is -1.29. The van der Waals surface area contributed by atoms with Crippen LogP contribution in [0.2, 0.25) is 0 Å². The van der Waals surface area contributed by atoms with Crippen molar-refractivity contribution in [2.45, 2.75) is 6.92 Å². The van der Waals surface area contributed by atoms with Crippen molar-refractivity contribution < 1.29 is 18.4 Å². The maximum Gasteiger partial charge on any atom is 0.283 e. The highest BCUT2D eigenvalue weighted by molar-refractivity contribution is 6.02. The average Bonchev–Trinajstić information content (AvgIpc) is 3.24. The Kier molecular flexibility index (Phi) is 3.49. The molecule has 9 heteroatoms. The Hall–Kier alpha value is -4.06. The number of furan rings is 1. The van der Waals surface area contributed by atoms with E-state index >= 15 is 0 Å². The molecule has 0 aliphatic rings. The second kappa shape index (κ2) is 5.74. The van der Waals surface area contributed by atoms with Crippen LogP contribution in [0.15, 0.2) is 43.1 Å². The fraction of sp³-hybridized carbons (Fsp3) is 0.111. The third-order valence-corrected chi connectivity index (χ3v) is 4.24. The third-order valence-electron chi connectivity index (χ3n) is 4.24. The van der Waals surface area contributed by atoms with Gasteiger partial charge in [0.2, 0.25) is 11.3 Å². The minimum absolute atomic E-state index is 0.108. The van der Waals surface area contributed by atoms with Crippen LogP contribution in [0, 0.1) is 11.3 Å². The molecule has 3 heterocycles. The van der Waals surface area contributed by atoms with E-state index in [0.29, 0.717) is 11.0 Å². The lowest BCUT2D eigenvalue weighted by molar-refractivity contribution is 0.0923. The lowest BCUT2D eigenvalue weighted by atomic mass is 10.1. The molecule has 27 heavy (non-hydrogen) atoms. The first-order valence-corrected chi connectivity index (χ1v) is 7.74. The second-order valence-corrected chi connectivity index (χ2v) is 5.72. The molecule has 0 radical (unpaired) electrons. The van der Waals surface area contributed by atoms with Crippen molar-refractivity contribution in [2.24, 2.45) is 0 Å². The predicted octanol–water partition coefficient (Wildman–Crippen LogP) is 2.24. The van der Waals surface area contributed by atoms with Gasteiger partial charge in [-0.1, -0.05) is 0 Å². The molecule has 0 bridgehead atoms. The van der Waals surface area contributed by atoms with Crippen LogP contribution in [0.25, 0.3) is 33.2 Å². The van der Waals surface area contributed by atoms with Gasteiger partial charge >= 0.3 is 0 Å². The van der Waals surface area contributed by atoms with Crippen LogP contribution in [0.4, 0.5) is 0 Å². The van der Waals surface area contributed by atoms with Gasteiger partial charge in [0.05, 0.1) is 24.3 Å². The number of methoxy groups -OCH3 is 1. The fourth-order valence-corrected chi connectivity index (χ4v) is 3.08. The topological polar surface area (TPSA) is 131 Å². The smallest absolute Gasteiger partial charge is 0.283 e. The van der Waals surface area contributed by atoms with Gasteiger partial charge in [-0.2, -0.15) is 5.26 Å². The summed E-state index contributed by atoms with van der Waals surface area (Å²) in [7, 11) is 1.40. The zero-order chi connectivity index (χ0) is 19.3. The summed E-state index contributed by atoms with van der Waals surface area (Å²) in [6.07, 6.45) is 2.55. The maximum atomic E-state index is 13.2. The van der Waals surface area contributed by atoms with Gasteiger partial charge in [-0.15, -0.1) is 0 Å². The van der Waals surface area contributed by atoms with Crippen molar-refractivity contribution in [3.05, 3.63) is 50.8 Å². The second-order valence-electron chi connectivity index (χ2n) is 5.72. The van der Waals surface area contributed by atoms with Crippen LogP contribution >= 0.6 is 0 Å². The number of hydrogen-bond acceptors (Lipinski definition) is 7. The van der Waals surface area contributed by atoms with Crippen molar-refractivity contribution in [1.29, 1.82) is 5.26 Å². The minimum atomic E-state index is -0.778. The highest BCUT2D eigenvalue weighted by Gasteiger charge is 2.25. The van der Waals surface area contributed by atoms with E-state index < -0.39 is 16.9 Å². The monoisotopic (exact) mass is 365 g/mol. The molecule has 0 saturated carbocycles. The number of ether oxygens (including phenoxy) is 1. The average molecular weight is 365 g/mol. The number of carbonyl (C=O) groups excluding carboxylic acids is 1. The Labute approximate surface area is 150 Å². The van der Waals surface area contributed by atoms with Crippen molar-refractivity contribution in [3.8, 4) is 23.1 Å². The molecule has 1 aromatic carbocycles. The Balaban J connectivity index is 2.18. The van der Waals surface area contributed by atoms with Crippen LogP contribution in [0.3, 0.4) is 0 Å². The Morgan fingerprint density at radius 2 is 2.07 bits per heavy atom.